The summed E-state index contributed by atoms with van der Waals surface area (Å²) >= 11 is 1.26. The second-order valence-electron chi connectivity index (χ2n) is 5.16. The number of thiophene rings is 1. The van der Waals surface area contributed by atoms with E-state index in [1.807, 2.05) is 0 Å². The predicted molar refractivity (Wildman–Crippen MR) is 83.7 cm³/mol. The van der Waals surface area contributed by atoms with E-state index < -0.39 is 5.97 Å². The molecule has 2 heterocycles. The Morgan fingerprint density at radius 1 is 1.57 bits per heavy atom. The van der Waals surface area contributed by atoms with Gasteiger partial charge in [0.2, 0.25) is 0 Å². The Hall–Kier alpha value is -1.78. The number of esters is 1. The van der Waals surface area contributed by atoms with Gasteiger partial charge in [-0.05, 0) is 20.9 Å². The van der Waals surface area contributed by atoms with Crippen molar-refractivity contribution in [1.29, 1.82) is 5.26 Å². The lowest BCUT2D eigenvalue weighted by Gasteiger charge is -2.39. The van der Waals surface area contributed by atoms with Crippen LogP contribution in [0.3, 0.4) is 0 Å². The summed E-state index contributed by atoms with van der Waals surface area (Å²) < 4.78 is 5.01. The number of nitrogens with two attached hydrogens (primary N) is 1. The van der Waals surface area contributed by atoms with Crippen molar-refractivity contribution in [2.45, 2.75) is 19.9 Å². The van der Waals surface area contributed by atoms with E-state index in [4.69, 9.17) is 10.5 Å². The first-order valence-electron chi connectivity index (χ1n) is 6.94. The first-order chi connectivity index (χ1) is 9.99. The van der Waals surface area contributed by atoms with Crippen LogP contribution in [0.25, 0.3) is 0 Å². The van der Waals surface area contributed by atoms with Crippen molar-refractivity contribution in [2.75, 3.05) is 43.9 Å². The largest absolute Gasteiger partial charge is 0.462 e. The van der Waals surface area contributed by atoms with Crippen molar-refractivity contribution < 1.29 is 9.53 Å². The van der Waals surface area contributed by atoms with Gasteiger partial charge in [0.25, 0.3) is 0 Å². The normalized spacial score (nSPS) is 19.3. The number of anilines is 2. The molecule has 1 atom stereocenters. The zero-order valence-corrected chi connectivity index (χ0v) is 13.4. The maximum absolute atomic E-state index is 11.9. The third kappa shape index (κ3) is 2.96. The van der Waals surface area contributed by atoms with E-state index in [1.54, 1.807) is 6.92 Å². The fraction of sp³-hybridized carbons (Fsp3) is 0.571. The van der Waals surface area contributed by atoms with Crippen molar-refractivity contribution in [3.05, 3.63) is 10.4 Å². The number of ether oxygens (including phenoxy) is 1. The first kappa shape index (κ1) is 15.6. The third-order valence-corrected chi connectivity index (χ3v) is 4.81. The molecule has 1 saturated heterocycles. The summed E-state index contributed by atoms with van der Waals surface area (Å²) in [7, 11) is 2.08. The lowest BCUT2D eigenvalue weighted by atomic mass is 10.1. The molecule has 2 rings (SSSR count). The Bertz CT molecular complexity index is 578. The van der Waals surface area contributed by atoms with Crippen LogP contribution >= 0.6 is 11.3 Å². The highest BCUT2D eigenvalue weighted by atomic mass is 32.1. The fourth-order valence-electron chi connectivity index (χ4n) is 2.53. The molecule has 1 aromatic heterocycles. The van der Waals surface area contributed by atoms with Crippen molar-refractivity contribution >= 4 is 28.0 Å². The van der Waals surface area contributed by atoms with Gasteiger partial charge in [0, 0.05) is 25.7 Å². The van der Waals surface area contributed by atoms with Gasteiger partial charge in [0.05, 0.1) is 12.3 Å². The summed E-state index contributed by atoms with van der Waals surface area (Å²) in [6, 6.07) is 2.40. The average molecular weight is 308 g/mol. The number of nitrogens with zero attached hydrogens (tertiary/aromatic N) is 3. The number of piperazine rings is 1. The zero-order valence-electron chi connectivity index (χ0n) is 12.5. The maximum atomic E-state index is 11.9. The number of carbonyl (C=O) groups is 1. The molecule has 0 bridgehead atoms. The number of likely N-dealkylation sites (N-methyl/N-ethyl adjacent to an activating group) is 1. The van der Waals surface area contributed by atoms with Gasteiger partial charge in [0.15, 0.2) is 0 Å². The highest BCUT2D eigenvalue weighted by Crippen LogP contribution is 2.39. The molecule has 1 aliphatic heterocycles. The van der Waals surface area contributed by atoms with Gasteiger partial charge < -0.3 is 20.3 Å². The minimum Gasteiger partial charge on any atom is -0.462 e. The molecule has 2 N–H and O–H groups in total. The quantitative estimate of drug-likeness (QED) is 0.853. The summed E-state index contributed by atoms with van der Waals surface area (Å²) in [6.45, 7) is 6.79. The van der Waals surface area contributed by atoms with Crippen molar-refractivity contribution in [2.24, 2.45) is 0 Å². The SMILES string of the molecule is CCOC(=O)c1sc(N2CCN(C)CC2C)c(C#N)c1N. The monoisotopic (exact) mass is 308 g/mol. The molecule has 6 nitrogen and oxygen atoms in total. The van der Waals surface area contributed by atoms with Crippen molar-refractivity contribution in [3.8, 4) is 6.07 Å². The minimum atomic E-state index is -0.454. The molecule has 21 heavy (non-hydrogen) atoms. The number of nitrogen functional groups attached to an aromatic ring is 1. The van der Waals surface area contributed by atoms with Gasteiger partial charge in [0.1, 0.15) is 21.5 Å². The third-order valence-electron chi connectivity index (χ3n) is 3.59. The molecule has 1 aliphatic rings. The number of nitriles is 1. The van der Waals surface area contributed by atoms with E-state index in [1.165, 1.54) is 11.3 Å². The van der Waals surface area contributed by atoms with Crippen LogP contribution in [-0.4, -0.2) is 50.2 Å². The van der Waals surface area contributed by atoms with Crippen LogP contribution < -0.4 is 10.6 Å². The van der Waals surface area contributed by atoms with Crippen LogP contribution in [0.15, 0.2) is 0 Å². The topological polar surface area (TPSA) is 82.6 Å². The van der Waals surface area contributed by atoms with E-state index in [0.29, 0.717) is 10.4 Å². The maximum Gasteiger partial charge on any atom is 0.350 e. The first-order valence-corrected chi connectivity index (χ1v) is 7.75. The fourth-order valence-corrected chi connectivity index (χ4v) is 3.73. The Balaban J connectivity index is 2.38. The summed E-state index contributed by atoms with van der Waals surface area (Å²) in [5, 5.41) is 10.2. The summed E-state index contributed by atoms with van der Waals surface area (Å²) in [4.78, 5) is 16.7. The average Bonchev–Trinajstić information content (AvgIpc) is 2.76. The number of hydrogen-bond donors (Lipinski definition) is 1. The Labute approximate surface area is 128 Å². The minimum absolute atomic E-state index is 0.238. The van der Waals surface area contributed by atoms with Gasteiger partial charge in [-0.3, -0.25) is 0 Å². The molecule has 114 valence electrons. The van der Waals surface area contributed by atoms with Crippen LogP contribution in [0.2, 0.25) is 0 Å². The van der Waals surface area contributed by atoms with E-state index in [-0.39, 0.29) is 18.3 Å². The van der Waals surface area contributed by atoms with E-state index >= 15 is 0 Å². The molecular weight excluding hydrogens is 288 g/mol. The zero-order chi connectivity index (χ0) is 15.6. The lowest BCUT2D eigenvalue weighted by Crippen LogP contribution is -2.50. The van der Waals surface area contributed by atoms with Gasteiger partial charge in [-0.15, -0.1) is 11.3 Å². The molecule has 0 aromatic carbocycles. The Morgan fingerprint density at radius 3 is 2.86 bits per heavy atom. The Morgan fingerprint density at radius 2 is 2.29 bits per heavy atom. The van der Waals surface area contributed by atoms with Gasteiger partial charge in [-0.25, -0.2) is 4.79 Å². The molecule has 0 amide bonds. The highest BCUT2D eigenvalue weighted by Gasteiger charge is 2.29. The molecule has 1 fully saturated rings. The lowest BCUT2D eigenvalue weighted by molar-refractivity contribution is 0.0533. The predicted octanol–water partition coefficient (Wildman–Crippen LogP) is 1.52. The Kier molecular flexibility index (Phi) is 4.70. The molecule has 1 unspecified atom stereocenters. The number of hydrogen-bond acceptors (Lipinski definition) is 7. The van der Waals surface area contributed by atoms with E-state index in [0.717, 1.165) is 24.6 Å². The van der Waals surface area contributed by atoms with E-state index in [2.05, 4.69) is 29.8 Å². The van der Waals surface area contributed by atoms with Gasteiger partial charge >= 0.3 is 5.97 Å². The van der Waals surface area contributed by atoms with Gasteiger partial charge in [-0.1, -0.05) is 0 Å². The van der Waals surface area contributed by atoms with Gasteiger partial charge in [-0.2, -0.15) is 5.26 Å². The number of carbonyl (C=O) groups excluding carboxylic acids is 1. The molecule has 0 saturated carbocycles. The second kappa shape index (κ2) is 6.33. The smallest absolute Gasteiger partial charge is 0.350 e. The summed E-state index contributed by atoms with van der Waals surface area (Å²) in [5.41, 5.74) is 6.60. The molecule has 0 spiro atoms. The van der Waals surface area contributed by atoms with Crippen LogP contribution in [0.4, 0.5) is 10.7 Å². The second-order valence-corrected chi connectivity index (χ2v) is 6.16. The van der Waals surface area contributed by atoms with Crippen molar-refractivity contribution in [3.63, 3.8) is 0 Å². The van der Waals surface area contributed by atoms with Crippen LogP contribution in [0, 0.1) is 11.3 Å². The molecule has 0 radical (unpaired) electrons. The van der Waals surface area contributed by atoms with E-state index in [9.17, 15) is 10.1 Å². The summed E-state index contributed by atoms with van der Waals surface area (Å²) in [5.74, 6) is -0.454. The molecular formula is C14H20N4O2S. The summed E-state index contributed by atoms with van der Waals surface area (Å²) in [6.07, 6.45) is 0. The van der Waals surface area contributed by atoms with Crippen LogP contribution in [0.1, 0.15) is 29.1 Å². The number of rotatable bonds is 3. The van der Waals surface area contributed by atoms with Crippen LogP contribution in [0.5, 0.6) is 0 Å². The highest BCUT2D eigenvalue weighted by molar-refractivity contribution is 7.18. The van der Waals surface area contributed by atoms with Crippen LogP contribution in [-0.2, 0) is 4.74 Å². The van der Waals surface area contributed by atoms with Crippen molar-refractivity contribution in [1.82, 2.24) is 4.90 Å². The molecule has 1 aromatic rings. The standard InChI is InChI=1S/C14H20N4O2S/c1-4-20-14(19)12-11(16)10(7-15)13(21-12)18-6-5-17(3)8-9(18)2/h9H,4-6,8,16H2,1-3H3. The molecule has 7 heteroatoms. The molecule has 0 aliphatic carbocycles.